The van der Waals surface area contributed by atoms with Gasteiger partial charge in [-0.2, -0.15) is 5.10 Å². The highest BCUT2D eigenvalue weighted by molar-refractivity contribution is 7.91. The predicted molar refractivity (Wildman–Crippen MR) is 136 cm³/mol. The molecule has 35 heavy (non-hydrogen) atoms. The molecule has 0 fully saturated rings. The van der Waals surface area contributed by atoms with Crippen molar-refractivity contribution in [3.05, 3.63) is 70.3 Å². The van der Waals surface area contributed by atoms with Gasteiger partial charge in [0.2, 0.25) is 5.91 Å². The van der Waals surface area contributed by atoms with Gasteiger partial charge in [-0.1, -0.05) is 22.9 Å². The van der Waals surface area contributed by atoms with Gasteiger partial charge in [0, 0.05) is 23.7 Å². The zero-order chi connectivity index (χ0) is 25.3. The second kappa shape index (κ2) is 10.0. The van der Waals surface area contributed by atoms with Gasteiger partial charge in [0.25, 0.3) is 0 Å². The summed E-state index contributed by atoms with van der Waals surface area (Å²) in [5, 5.41) is 5.51. The van der Waals surface area contributed by atoms with Gasteiger partial charge in [0.15, 0.2) is 15.0 Å². The van der Waals surface area contributed by atoms with Crippen molar-refractivity contribution < 1.29 is 17.6 Å². The molecule has 0 saturated heterocycles. The summed E-state index contributed by atoms with van der Waals surface area (Å²) < 4.78 is 41.3. The lowest BCUT2D eigenvalue weighted by atomic mass is 10.2. The van der Waals surface area contributed by atoms with E-state index in [9.17, 15) is 17.6 Å². The minimum atomic E-state index is -3.76. The van der Waals surface area contributed by atoms with Crippen LogP contribution in [0.3, 0.4) is 0 Å². The number of benzene rings is 2. The molecule has 0 unspecified atom stereocenters. The summed E-state index contributed by atoms with van der Waals surface area (Å²) in [6.07, 6.45) is -0.244. The summed E-state index contributed by atoms with van der Waals surface area (Å²) in [4.78, 5) is 19.5. The van der Waals surface area contributed by atoms with Crippen LogP contribution in [0.4, 0.5) is 9.52 Å². The number of fused-ring (bicyclic) bond motifs is 1. The summed E-state index contributed by atoms with van der Waals surface area (Å²) >= 11 is 7.60. The number of carbonyl (C=O) groups excluding carboxylic acids is 1. The molecule has 4 aromatic rings. The van der Waals surface area contributed by atoms with Gasteiger partial charge in [-0.3, -0.25) is 14.4 Å². The van der Waals surface area contributed by atoms with Crippen molar-refractivity contribution in [3.8, 4) is 0 Å². The lowest BCUT2D eigenvalue weighted by Crippen LogP contribution is -2.35. The van der Waals surface area contributed by atoms with E-state index in [0.29, 0.717) is 22.2 Å². The first-order chi connectivity index (χ1) is 16.5. The van der Waals surface area contributed by atoms with Crippen molar-refractivity contribution in [3.63, 3.8) is 0 Å². The summed E-state index contributed by atoms with van der Waals surface area (Å²) in [7, 11) is -3.76. The number of aryl methyl sites for hydroxylation is 3. The Labute approximate surface area is 212 Å². The van der Waals surface area contributed by atoms with Crippen LogP contribution in [0.15, 0.2) is 47.4 Å². The van der Waals surface area contributed by atoms with Crippen molar-refractivity contribution in [2.45, 2.75) is 38.6 Å². The van der Waals surface area contributed by atoms with E-state index in [1.807, 2.05) is 32.9 Å². The molecule has 2 aromatic carbocycles. The number of hydrogen-bond acceptors (Lipinski definition) is 6. The molecule has 0 spiro atoms. The molecule has 0 aliphatic heterocycles. The van der Waals surface area contributed by atoms with E-state index < -0.39 is 21.4 Å². The zero-order valence-electron chi connectivity index (χ0n) is 19.5. The number of nitrogens with zero attached hydrogens (tertiary/aromatic N) is 4. The van der Waals surface area contributed by atoms with Crippen LogP contribution in [0.25, 0.3) is 10.2 Å². The standard InChI is InChI=1S/C24H24ClFN4O3S2/c1-15-14-16(2)30(28-15)12-11-29(24-27-23-17(3)20(25)8-9-21(23)34-24)22(31)10-13-35(32,33)19-6-4-18(26)5-7-19/h4-9,14H,10-13H2,1-3H3. The Morgan fingerprint density at radius 2 is 1.86 bits per heavy atom. The fourth-order valence-corrected chi connectivity index (χ4v) is 6.19. The molecule has 0 saturated carbocycles. The largest absolute Gasteiger partial charge is 0.286 e. The molecule has 11 heteroatoms. The third-order valence-corrected chi connectivity index (χ3v) is 8.85. The normalized spacial score (nSPS) is 11.8. The Balaban J connectivity index is 1.60. The maximum atomic E-state index is 13.3. The van der Waals surface area contributed by atoms with Crippen LogP contribution in [0.5, 0.6) is 0 Å². The van der Waals surface area contributed by atoms with E-state index in [2.05, 4.69) is 10.1 Å². The highest BCUT2D eigenvalue weighted by Gasteiger charge is 2.24. The number of amides is 1. The second-order valence-corrected chi connectivity index (χ2v) is 11.8. The van der Waals surface area contributed by atoms with Gasteiger partial charge >= 0.3 is 0 Å². The van der Waals surface area contributed by atoms with Crippen LogP contribution in [0, 0.1) is 26.6 Å². The second-order valence-electron chi connectivity index (χ2n) is 8.23. The molecule has 0 radical (unpaired) electrons. The van der Waals surface area contributed by atoms with E-state index in [1.165, 1.54) is 28.4 Å². The Morgan fingerprint density at radius 3 is 2.51 bits per heavy atom. The monoisotopic (exact) mass is 534 g/mol. The number of sulfone groups is 1. The first-order valence-corrected chi connectivity index (χ1v) is 13.8. The van der Waals surface area contributed by atoms with Crippen LogP contribution < -0.4 is 4.90 Å². The van der Waals surface area contributed by atoms with E-state index in [-0.39, 0.29) is 23.8 Å². The molecule has 7 nitrogen and oxygen atoms in total. The molecule has 4 rings (SSSR count). The molecule has 0 atom stereocenters. The Bertz CT molecular complexity index is 1500. The average molecular weight is 535 g/mol. The van der Waals surface area contributed by atoms with Crippen molar-refractivity contribution in [1.29, 1.82) is 0 Å². The van der Waals surface area contributed by atoms with Gasteiger partial charge in [0.05, 0.1) is 33.1 Å². The highest BCUT2D eigenvalue weighted by Crippen LogP contribution is 2.34. The molecule has 0 N–H and O–H groups in total. The van der Waals surface area contributed by atoms with Crippen molar-refractivity contribution >= 4 is 54.0 Å². The van der Waals surface area contributed by atoms with Gasteiger partial charge in [-0.05, 0) is 68.8 Å². The molecule has 0 aliphatic carbocycles. The van der Waals surface area contributed by atoms with Gasteiger partial charge in [-0.25, -0.2) is 17.8 Å². The molecular weight excluding hydrogens is 511 g/mol. The highest BCUT2D eigenvalue weighted by atomic mass is 35.5. The quantitative estimate of drug-likeness (QED) is 0.293. The lowest BCUT2D eigenvalue weighted by molar-refractivity contribution is -0.118. The van der Waals surface area contributed by atoms with Crippen molar-refractivity contribution in [2.75, 3.05) is 17.2 Å². The fourth-order valence-electron chi connectivity index (χ4n) is 3.74. The fraction of sp³-hybridized carbons (Fsp3) is 0.292. The van der Waals surface area contributed by atoms with Crippen LogP contribution in [0.2, 0.25) is 5.02 Å². The Kier molecular flexibility index (Phi) is 7.25. The predicted octanol–water partition coefficient (Wildman–Crippen LogP) is 5.11. The van der Waals surface area contributed by atoms with Crippen LogP contribution in [0.1, 0.15) is 23.4 Å². The van der Waals surface area contributed by atoms with Gasteiger partial charge in [0.1, 0.15) is 5.82 Å². The first-order valence-electron chi connectivity index (χ1n) is 10.9. The topological polar surface area (TPSA) is 85.2 Å². The van der Waals surface area contributed by atoms with Crippen LogP contribution >= 0.6 is 22.9 Å². The smallest absolute Gasteiger partial charge is 0.229 e. The number of halogens is 2. The van der Waals surface area contributed by atoms with E-state index in [1.54, 1.807) is 10.7 Å². The third-order valence-electron chi connectivity index (χ3n) is 5.66. The van der Waals surface area contributed by atoms with Crippen molar-refractivity contribution in [1.82, 2.24) is 14.8 Å². The molecule has 0 bridgehead atoms. The third kappa shape index (κ3) is 5.55. The Hall–Kier alpha value is -2.82. The maximum absolute atomic E-state index is 13.3. The van der Waals surface area contributed by atoms with E-state index >= 15 is 0 Å². The van der Waals surface area contributed by atoms with Crippen LogP contribution in [-0.4, -0.2) is 41.4 Å². The molecule has 0 aliphatic rings. The lowest BCUT2D eigenvalue weighted by Gasteiger charge is -2.20. The zero-order valence-corrected chi connectivity index (χ0v) is 21.8. The average Bonchev–Trinajstić information content (AvgIpc) is 3.38. The van der Waals surface area contributed by atoms with Crippen molar-refractivity contribution in [2.24, 2.45) is 0 Å². The molecular formula is C24H24ClFN4O3S2. The number of hydrogen-bond donors (Lipinski definition) is 0. The van der Waals surface area contributed by atoms with Crippen LogP contribution in [-0.2, 0) is 21.2 Å². The minimum absolute atomic E-state index is 0.0221. The maximum Gasteiger partial charge on any atom is 0.229 e. The number of aromatic nitrogens is 3. The van der Waals surface area contributed by atoms with E-state index in [0.717, 1.165) is 33.8 Å². The van der Waals surface area contributed by atoms with Gasteiger partial charge < -0.3 is 0 Å². The minimum Gasteiger partial charge on any atom is -0.286 e. The summed E-state index contributed by atoms with van der Waals surface area (Å²) in [5.74, 6) is -1.30. The molecule has 1 amide bonds. The summed E-state index contributed by atoms with van der Waals surface area (Å²) in [6.45, 7) is 6.39. The molecule has 2 heterocycles. The molecule has 184 valence electrons. The number of anilines is 1. The SMILES string of the molecule is Cc1cc(C)n(CCN(C(=O)CCS(=O)(=O)c2ccc(F)cc2)c2nc3c(C)c(Cl)ccc3s2)n1. The number of carbonyl (C=O) groups is 1. The van der Waals surface area contributed by atoms with Gasteiger partial charge in [-0.15, -0.1) is 0 Å². The first kappa shape index (κ1) is 25.3. The van der Waals surface area contributed by atoms with E-state index in [4.69, 9.17) is 11.6 Å². The number of rotatable bonds is 8. The summed E-state index contributed by atoms with van der Waals surface area (Å²) in [6, 6.07) is 10.2. The number of thiazole rings is 1. The molecule has 2 aromatic heterocycles. The Morgan fingerprint density at radius 1 is 1.14 bits per heavy atom. The summed E-state index contributed by atoms with van der Waals surface area (Å²) in [5.41, 5.74) is 3.36.